The highest BCUT2D eigenvalue weighted by Gasteiger charge is 2.34. The van der Waals surface area contributed by atoms with Gasteiger partial charge in [0.05, 0.1) is 31.4 Å². The van der Waals surface area contributed by atoms with Crippen molar-refractivity contribution < 1.29 is 54.0 Å². The number of nitrogens with one attached hydrogen (secondary N) is 6. The fraction of sp³-hybridized carbons (Fsp3) is 0.714. The third-order valence-electron chi connectivity index (χ3n) is 7.15. The molecule has 280 valence electrons. The molecule has 21 heteroatoms. The summed E-state index contributed by atoms with van der Waals surface area (Å²) in [7, 11) is 0. The summed E-state index contributed by atoms with van der Waals surface area (Å²) >= 11 is 0. The molecule has 0 rings (SSSR count). The lowest BCUT2D eigenvalue weighted by Gasteiger charge is -2.28. The molecule has 0 aromatic carbocycles. The van der Waals surface area contributed by atoms with Gasteiger partial charge < -0.3 is 69.5 Å². The van der Waals surface area contributed by atoms with Crippen LogP contribution in [0.25, 0.3) is 0 Å². The molecule has 0 heterocycles. The highest BCUT2D eigenvalue weighted by Crippen LogP contribution is 2.10. The average molecular weight is 705 g/mol. The largest absolute Gasteiger partial charge is 0.480 e. The fourth-order valence-corrected chi connectivity index (χ4v) is 4.04. The first-order chi connectivity index (χ1) is 22.8. The maximum Gasteiger partial charge on any atom is 0.328 e. The zero-order valence-corrected chi connectivity index (χ0v) is 28.3. The number of aliphatic carboxylic acids is 1. The summed E-state index contributed by atoms with van der Waals surface area (Å²) in [6.45, 7) is 5.54. The molecule has 0 aliphatic rings. The van der Waals surface area contributed by atoms with Crippen LogP contribution in [0.5, 0.6) is 0 Å². The zero-order chi connectivity index (χ0) is 38.0. The van der Waals surface area contributed by atoms with Crippen molar-refractivity contribution in [1.82, 2.24) is 31.9 Å². The fourth-order valence-electron chi connectivity index (χ4n) is 4.04. The third kappa shape index (κ3) is 16.4. The number of carbonyl (C=O) groups excluding carboxylic acids is 6. The monoisotopic (exact) mass is 704 g/mol. The van der Waals surface area contributed by atoms with Gasteiger partial charge in [0.25, 0.3) is 0 Å². The Bertz CT molecular complexity index is 1180. The van der Waals surface area contributed by atoms with Gasteiger partial charge in [-0.2, -0.15) is 0 Å². The van der Waals surface area contributed by atoms with E-state index in [0.29, 0.717) is 6.42 Å². The predicted octanol–water partition coefficient (Wildman–Crippen LogP) is -6.19. The van der Waals surface area contributed by atoms with E-state index in [9.17, 15) is 54.0 Å². The summed E-state index contributed by atoms with van der Waals surface area (Å²) in [6, 6.07) is -8.37. The standard InChI is InChI=1S/C28H52N10O11/c1-6-12(2)19(25(46)33-10-18(42)36-20(14(4)40)26(47)38-21(15(5)41)27(48)49)37-23(44)16(8-7-9-32-28(30)31)34-24(45)17(11-39)35-22(43)13(3)29/h12-17,19-21,39-41H,6-11,29H2,1-5H3,(H,33,46)(H,34,45)(H,35,43)(H,36,42)(H,37,44)(H,38,47)(H,48,49)(H4,30,31,32)/t12-,13-,14+,15+,16-,17-,19-,20-,21-/m0/s1. The minimum Gasteiger partial charge on any atom is -0.480 e. The van der Waals surface area contributed by atoms with E-state index in [0.717, 1.165) is 13.8 Å². The van der Waals surface area contributed by atoms with Gasteiger partial charge in [-0.1, -0.05) is 20.3 Å². The van der Waals surface area contributed by atoms with Crippen molar-refractivity contribution in [1.29, 1.82) is 0 Å². The lowest BCUT2D eigenvalue weighted by Crippen LogP contribution is -2.60. The lowest BCUT2D eigenvalue weighted by molar-refractivity contribution is -0.145. The van der Waals surface area contributed by atoms with Crippen molar-refractivity contribution in [3.63, 3.8) is 0 Å². The normalized spacial score (nSPS) is 16.4. The van der Waals surface area contributed by atoms with Crippen molar-refractivity contribution >= 4 is 47.4 Å². The van der Waals surface area contributed by atoms with E-state index in [1.807, 2.05) is 5.32 Å². The first kappa shape index (κ1) is 44.4. The van der Waals surface area contributed by atoms with Gasteiger partial charge in [0.2, 0.25) is 35.4 Å². The topological polar surface area (TPSA) is 363 Å². The van der Waals surface area contributed by atoms with E-state index >= 15 is 0 Å². The van der Waals surface area contributed by atoms with Crippen molar-refractivity contribution in [3.05, 3.63) is 0 Å². The number of carboxylic acids is 1. The number of carboxylic acid groups (broad SMARTS) is 1. The molecule has 16 N–H and O–H groups in total. The Morgan fingerprint density at radius 3 is 1.71 bits per heavy atom. The Labute approximate surface area is 283 Å². The van der Waals surface area contributed by atoms with Gasteiger partial charge in [-0.15, -0.1) is 0 Å². The van der Waals surface area contributed by atoms with Gasteiger partial charge in [-0.3, -0.25) is 33.8 Å². The van der Waals surface area contributed by atoms with Crippen LogP contribution in [-0.4, -0.2) is 136 Å². The minimum absolute atomic E-state index is 0.0361. The second-order valence-corrected chi connectivity index (χ2v) is 11.5. The molecule has 6 amide bonds. The Morgan fingerprint density at radius 2 is 1.24 bits per heavy atom. The number of amides is 6. The molecular weight excluding hydrogens is 652 g/mol. The van der Waals surface area contributed by atoms with Crippen LogP contribution in [0.2, 0.25) is 0 Å². The Balaban J connectivity index is 5.81. The summed E-state index contributed by atoms with van der Waals surface area (Å²) in [4.78, 5) is 91.8. The van der Waals surface area contributed by atoms with E-state index in [-0.39, 0.29) is 25.3 Å². The molecule has 0 aromatic rings. The van der Waals surface area contributed by atoms with Gasteiger partial charge in [-0.25, -0.2) is 4.79 Å². The maximum absolute atomic E-state index is 13.4. The van der Waals surface area contributed by atoms with Crippen LogP contribution in [0.4, 0.5) is 0 Å². The predicted molar refractivity (Wildman–Crippen MR) is 174 cm³/mol. The summed E-state index contributed by atoms with van der Waals surface area (Å²) in [5.74, 6) is -7.63. The molecule has 21 nitrogen and oxygen atoms in total. The molecule has 0 saturated carbocycles. The number of hydrogen-bond acceptors (Lipinski definition) is 12. The highest BCUT2D eigenvalue weighted by molar-refractivity contribution is 5.96. The highest BCUT2D eigenvalue weighted by atomic mass is 16.4. The summed E-state index contributed by atoms with van der Waals surface area (Å²) in [6.07, 6.45) is -2.48. The van der Waals surface area contributed by atoms with Gasteiger partial charge in [0, 0.05) is 6.54 Å². The number of carbonyl (C=O) groups is 7. The number of guanidine groups is 1. The van der Waals surface area contributed by atoms with E-state index in [2.05, 4.69) is 31.6 Å². The number of rotatable bonds is 22. The van der Waals surface area contributed by atoms with Gasteiger partial charge >= 0.3 is 5.97 Å². The van der Waals surface area contributed by atoms with Crippen molar-refractivity contribution in [2.45, 2.75) is 102 Å². The molecule has 0 saturated heterocycles. The van der Waals surface area contributed by atoms with Crippen molar-refractivity contribution in [3.8, 4) is 0 Å². The van der Waals surface area contributed by atoms with Crippen LogP contribution in [0.3, 0.4) is 0 Å². The van der Waals surface area contributed by atoms with E-state index in [4.69, 9.17) is 17.2 Å². The Hall–Kier alpha value is -4.60. The number of aliphatic hydroxyl groups excluding tert-OH is 3. The molecule has 0 aliphatic heterocycles. The molecule has 49 heavy (non-hydrogen) atoms. The molecule has 0 radical (unpaired) electrons. The summed E-state index contributed by atoms with van der Waals surface area (Å²) in [5.41, 5.74) is 16.2. The Kier molecular flexibility index (Phi) is 20.0. The Morgan fingerprint density at radius 1 is 0.714 bits per heavy atom. The zero-order valence-electron chi connectivity index (χ0n) is 28.3. The number of aliphatic hydroxyl groups is 3. The molecule has 0 aliphatic carbocycles. The van der Waals surface area contributed by atoms with Crippen molar-refractivity contribution in [2.24, 2.45) is 28.1 Å². The molecule has 9 atom stereocenters. The van der Waals surface area contributed by atoms with Gasteiger partial charge in [-0.05, 0) is 39.5 Å². The number of nitrogens with zero attached hydrogens (tertiary/aromatic N) is 1. The second kappa shape index (κ2) is 22.1. The van der Waals surface area contributed by atoms with E-state index in [1.165, 1.54) is 6.92 Å². The number of nitrogens with two attached hydrogens (primary N) is 3. The number of hydrogen-bond donors (Lipinski definition) is 13. The van der Waals surface area contributed by atoms with Crippen LogP contribution in [0.1, 0.15) is 53.9 Å². The van der Waals surface area contributed by atoms with Gasteiger partial charge in [0.15, 0.2) is 12.0 Å². The van der Waals surface area contributed by atoms with Crippen LogP contribution in [-0.2, 0) is 33.6 Å². The van der Waals surface area contributed by atoms with E-state index < -0.39 is 109 Å². The lowest BCUT2D eigenvalue weighted by atomic mass is 9.97. The van der Waals surface area contributed by atoms with Crippen LogP contribution >= 0.6 is 0 Å². The quantitative estimate of drug-likeness (QED) is 0.0283. The minimum atomic E-state index is -1.73. The van der Waals surface area contributed by atoms with Crippen LogP contribution < -0.4 is 49.1 Å². The van der Waals surface area contributed by atoms with Crippen LogP contribution in [0, 0.1) is 5.92 Å². The summed E-state index contributed by atoms with van der Waals surface area (Å²) < 4.78 is 0. The molecule has 0 bridgehead atoms. The third-order valence-corrected chi connectivity index (χ3v) is 7.15. The van der Waals surface area contributed by atoms with Crippen LogP contribution in [0.15, 0.2) is 4.99 Å². The molecule has 0 spiro atoms. The van der Waals surface area contributed by atoms with Crippen molar-refractivity contribution in [2.75, 3.05) is 19.7 Å². The smallest absolute Gasteiger partial charge is 0.328 e. The second-order valence-electron chi connectivity index (χ2n) is 11.5. The van der Waals surface area contributed by atoms with Gasteiger partial charge in [0.1, 0.15) is 24.2 Å². The molecule has 0 unspecified atom stereocenters. The van der Waals surface area contributed by atoms with E-state index in [1.54, 1.807) is 13.8 Å². The molecular formula is C28H52N10O11. The molecule has 0 aromatic heterocycles. The first-order valence-corrected chi connectivity index (χ1v) is 15.6. The maximum atomic E-state index is 13.4. The first-order valence-electron chi connectivity index (χ1n) is 15.6. The molecule has 0 fully saturated rings. The summed E-state index contributed by atoms with van der Waals surface area (Å²) in [5, 5.41) is 52.2. The SMILES string of the molecule is CC[C@H](C)[C@H](NC(=O)[C@H](CCCN=C(N)N)NC(=O)[C@H](CO)NC(=O)[C@H](C)N)C(=O)NCC(=O)N[C@H](C(=O)N[C@H](C(=O)O)[C@@H](C)O)[C@@H](C)O. The number of aliphatic imine (C=N–C) groups is 1. The average Bonchev–Trinajstić information content (AvgIpc) is 3.02.